The van der Waals surface area contributed by atoms with E-state index >= 15 is 0 Å². The molecule has 0 aliphatic carbocycles. The second kappa shape index (κ2) is 9.95. The van der Waals surface area contributed by atoms with Gasteiger partial charge in [-0.2, -0.15) is 0 Å². The SMILES string of the molecule is Cc1ccc(CCn2cc(-c3cccc(C(=O)Nc4cc(-c5cccs5)ccc4N)c3)nn2)cc1. The summed E-state index contributed by atoms with van der Waals surface area (Å²) in [6, 6.07) is 25.6. The number of aryl methyl sites for hydroxylation is 3. The molecule has 3 N–H and O–H groups in total. The number of thiophene rings is 1. The zero-order valence-corrected chi connectivity index (χ0v) is 20.1. The van der Waals surface area contributed by atoms with Gasteiger partial charge in [0, 0.05) is 22.5 Å². The van der Waals surface area contributed by atoms with Gasteiger partial charge in [-0.05, 0) is 60.2 Å². The number of amides is 1. The van der Waals surface area contributed by atoms with Crippen LogP contribution in [0.15, 0.2) is 90.4 Å². The van der Waals surface area contributed by atoms with Crippen LogP contribution in [0.4, 0.5) is 11.4 Å². The first-order chi connectivity index (χ1) is 17.0. The lowest BCUT2D eigenvalue weighted by atomic mass is 10.1. The largest absolute Gasteiger partial charge is 0.397 e. The third-order valence-corrected chi connectivity index (χ3v) is 6.74. The van der Waals surface area contributed by atoms with E-state index in [-0.39, 0.29) is 5.91 Å². The van der Waals surface area contributed by atoms with E-state index in [1.165, 1.54) is 11.1 Å². The van der Waals surface area contributed by atoms with Gasteiger partial charge in [-0.3, -0.25) is 9.48 Å². The highest BCUT2D eigenvalue weighted by atomic mass is 32.1. The molecule has 1 amide bonds. The average molecular weight is 480 g/mol. The zero-order chi connectivity index (χ0) is 24.2. The molecule has 3 aromatic carbocycles. The second-order valence-electron chi connectivity index (χ2n) is 8.42. The summed E-state index contributed by atoms with van der Waals surface area (Å²) >= 11 is 1.64. The molecule has 174 valence electrons. The highest BCUT2D eigenvalue weighted by Crippen LogP contribution is 2.30. The van der Waals surface area contributed by atoms with Crippen molar-refractivity contribution in [2.45, 2.75) is 19.9 Å². The summed E-state index contributed by atoms with van der Waals surface area (Å²) in [5.41, 5.74) is 12.9. The maximum Gasteiger partial charge on any atom is 0.255 e. The summed E-state index contributed by atoms with van der Waals surface area (Å²) in [6.45, 7) is 2.81. The topological polar surface area (TPSA) is 85.8 Å². The van der Waals surface area contributed by atoms with Gasteiger partial charge in [0.05, 0.1) is 17.6 Å². The van der Waals surface area contributed by atoms with Gasteiger partial charge in [0.15, 0.2) is 0 Å². The Morgan fingerprint density at radius 1 is 1.00 bits per heavy atom. The predicted octanol–water partition coefficient (Wildman–Crippen LogP) is 6.06. The summed E-state index contributed by atoms with van der Waals surface area (Å²) in [5, 5.41) is 13.6. The molecule has 5 rings (SSSR count). The Balaban J connectivity index is 1.29. The van der Waals surface area contributed by atoms with E-state index in [0.29, 0.717) is 16.9 Å². The van der Waals surface area contributed by atoms with Crippen LogP contribution in [-0.2, 0) is 13.0 Å². The number of anilines is 2. The second-order valence-corrected chi connectivity index (χ2v) is 9.36. The van der Waals surface area contributed by atoms with Crippen LogP contribution >= 0.6 is 11.3 Å². The van der Waals surface area contributed by atoms with Crippen molar-refractivity contribution >= 4 is 28.6 Å². The van der Waals surface area contributed by atoms with Crippen LogP contribution in [-0.4, -0.2) is 20.9 Å². The molecule has 35 heavy (non-hydrogen) atoms. The minimum absolute atomic E-state index is 0.228. The number of nitrogens with one attached hydrogen (secondary N) is 1. The lowest BCUT2D eigenvalue weighted by Crippen LogP contribution is -2.13. The minimum Gasteiger partial charge on any atom is -0.397 e. The standard InChI is InChI=1S/C28H25N5OS/c1-19-7-9-20(10-8-19)13-14-33-18-26(31-32-33)21-4-2-5-23(16-21)28(34)30-25-17-22(11-12-24(25)29)27-6-3-15-35-27/h2-12,15-18H,13-14,29H2,1H3,(H,30,34). The van der Waals surface area contributed by atoms with E-state index in [0.717, 1.165) is 34.7 Å². The molecular formula is C28H25N5OS. The fourth-order valence-electron chi connectivity index (χ4n) is 3.81. The van der Waals surface area contributed by atoms with Crippen LogP contribution in [0.5, 0.6) is 0 Å². The lowest BCUT2D eigenvalue weighted by molar-refractivity contribution is 0.102. The van der Waals surface area contributed by atoms with E-state index < -0.39 is 0 Å². The molecule has 0 unspecified atom stereocenters. The van der Waals surface area contributed by atoms with Crippen molar-refractivity contribution in [2.75, 3.05) is 11.1 Å². The number of nitrogens with zero attached hydrogens (tertiary/aromatic N) is 3. The van der Waals surface area contributed by atoms with Gasteiger partial charge in [-0.1, -0.05) is 59.3 Å². The fourth-order valence-corrected chi connectivity index (χ4v) is 4.54. The number of nitrogens with two attached hydrogens (primary N) is 1. The molecule has 0 bridgehead atoms. The molecule has 0 fully saturated rings. The third-order valence-electron chi connectivity index (χ3n) is 5.82. The minimum atomic E-state index is -0.228. The normalized spacial score (nSPS) is 10.9. The molecule has 0 aliphatic heterocycles. The Morgan fingerprint density at radius 3 is 2.66 bits per heavy atom. The number of aromatic nitrogens is 3. The Kier molecular flexibility index (Phi) is 6.41. The first-order valence-corrected chi connectivity index (χ1v) is 12.2. The van der Waals surface area contributed by atoms with Crippen molar-refractivity contribution in [3.05, 3.63) is 107 Å². The molecular weight excluding hydrogens is 454 g/mol. The summed E-state index contributed by atoms with van der Waals surface area (Å²) in [7, 11) is 0. The quantitative estimate of drug-likeness (QED) is 0.278. The fraction of sp³-hybridized carbons (Fsp3) is 0.107. The van der Waals surface area contributed by atoms with E-state index in [9.17, 15) is 4.79 Å². The van der Waals surface area contributed by atoms with Crippen molar-refractivity contribution in [2.24, 2.45) is 0 Å². The van der Waals surface area contributed by atoms with Crippen LogP contribution in [0.25, 0.3) is 21.7 Å². The van der Waals surface area contributed by atoms with Crippen molar-refractivity contribution in [3.8, 4) is 21.7 Å². The molecule has 0 radical (unpaired) electrons. The molecule has 0 saturated heterocycles. The number of carbonyl (C=O) groups is 1. The first kappa shape index (κ1) is 22.6. The highest BCUT2D eigenvalue weighted by molar-refractivity contribution is 7.13. The van der Waals surface area contributed by atoms with Gasteiger partial charge in [0.1, 0.15) is 5.69 Å². The van der Waals surface area contributed by atoms with E-state index in [1.807, 2.05) is 64.8 Å². The smallest absolute Gasteiger partial charge is 0.255 e. The third kappa shape index (κ3) is 5.31. The molecule has 0 aliphatic rings. The number of rotatable bonds is 7. The summed E-state index contributed by atoms with van der Waals surface area (Å²) in [4.78, 5) is 14.1. The van der Waals surface area contributed by atoms with Crippen LogP contribution in [0.1, 0.15) is 21.5 Å². The average Bonchev–Trinajstić information content (AvgIpc) is 3.58. The number of nitrogen functional groups attached to an aromatic ring is 1. The number of hydrogen-bond donors (Lipinski definition) is 2. The Morgan fingerprint density at radius 2 is 1.86 bits per heavy atom. The van der Waals surface area contributed by atoms with Crippen molar-refractivity contribution in [3.63, 3.8) is 0 Å². The number of hydrogen-bond acceptors (Lipinski definition) is 5. The monoisotopic (exact) mass is 479 g/mol. The maximum atomic E-state index is 13.0. The van der Waals surface area contributed by atoms with Gasteiger partial charge in [0.2, 0.25) is 0 Å². The van der Waals surface area contributed by atoms with Crippen LogP contribution in [0.2, 0.25) is 0 Å². The predicted molar refractivity (Wildman–Crippen MR) is 142 cm³/mol. The lowest BCUT2D eigenvalue weighted by Gasteiger charge is -2.10. The van der Waals surface area contributed by atoms with E-state index in [4.69, 9.17) is 5.73 Å². The van der Waals surface area contributed by atoms with Crippen molar-refractivity contribution in [1.82, 2.24) is 15.0 Å². The molecule has 7 heteroatoms. The van der Waals surface area contributed by atoms with Gasteiger partial charge >= 0.3 is 0 Å². The van der Waals surface area contributed by atoms with Crippen LogP contribution in [0, 0.1) is 6.92 Å². The Bertz CT molecular complexity index is 1460. The summed E-state index contributed by atoms with van der Waals surface area (Å²) in [5.74, 6) is -0.228. The van der Waals surface area contributed by atoms with Gasteiger partial charge in [-0.15, -0.1) is 16.4 Å². The van der Waals surface area contributed by atoms with E-state index in [2.05, 4.69) is 46.8 Å². The molecule has 2 aromatic heterocycles. The van der Waals surface area contributed by atoms with Gasteiger partial charge in [-0.25, -0.2) is 0 Å². The van der Waals surface area contributed by atoms with Crippen molar-refractivity contribution < 1.29 is 4.79 Å². The Hall–Kier alpha value is -4.23. The molecule has 0 spiro atoms. The van der Waals surface area contributed by atoms with E-state index in [1.54, 1.807) is 17.4 Å². The highest BCUT2D eigenvalue weighted by Gasteiger charge is 2.12. The maximum absolute atomic E-state index is 13.0. The number of benzene rings is 3. The number of carbonyl (C=O) groups excluding carboxylic acids is 1. The first-order valence-electron chi connectivity index (χ1n) is 11.4. The molecule has 0 saturated carbocycles. The van der Waals surface area contributed by atoms with Crippen LogP contribution < -0.4 is 11.1 Å². The molecule has 2 heterocycles. The molecule has 0 atom stereocenters. The van der Waals surface area contributed by atoms with Crippen LogP contribution in [0.3, 0.4) is 0 Å². The molecule has 5 aromatic rings. The van der Waals surface area contributed by atoms with Crippen molar-refractivity contribution in [1.29, 1.82) is 0 Å². The van der Waals surface area contributed by atoms with Gasteiger partial charge < -0.3 is 11.1 Å². The Labute approximate surface area is 208 Å². The summed E-state index contributed by atoms with van der Waals surface area (Å²) in [6.07, 6.45) is 2.78. The molecule has 6 nitrogen and oxygen atoms in total. The zero-order valence-electron chi connectivity index (χ0n) is 19.3. The summed E-state index contributed by atoms with van der Waals surface area (Å²) < 4.78 is 1.83. The van der Waals surface area contributed by atoms with Gasteiger partial charge in [0.25, 0.3) is 5.91 Å².